The van der Waals surface area contributed by atoms with Gasteiger partial charge in [0.15, 0.2) is 0 Å². The van der Waals surface area contributed by atoms with Crippen LogP contribution < -0.4 is 11.1 Å². The Labute approximate surface area is 76.7 Å². The minimum absolute atomic E-state index is 0.0382. The number of carbonyl (C=O) groups is 1. The molecule has 0 aromatic heterocycles. The van der Waals surface area contributed by atoms with Crippen molar-refractivity contribution >= 4 is 17.5 Å². The molecule has 0 aliphatic carbocycles. The zero-order chi connectivity index (χ0) is 9.40. The van der Waals surface area contributed by atoms with E-state index < -0.39 is 5.91 Å². The third-order valence-electron chi connectivity index (χ3n) is 0.984. The van der Waals surface area contributed by atoms with E-state index >= 15 is 0 Å². The van der Waals surface area contributed by atoms with Crippen LogP contribution in [0, 0.1) is 0 Å². The molecule has 0 fully saturated rings. The van der Waals surface area contributed by atoms with Crippen LogP contribution in [0.2, 0.25) is 0 Å². The van der Waals surface area contributed by atoms with Gasteiger partial charge in [-0.2, -0.15) is 0 Å². The van der Waals surface area contributed by atoms with E-state index in [1.807, 2.05) is 0 Å². The van der Waals surface area contributed by atoms with Gasteiger partial charge >= 0.3 is 0 Å². The Bertz CT molecular complexity index is 143. The van der Waals surface area contributed by atoms with E-state index in [4.69, 9.17) is 22.1 Å². The molecule has 0 saturated carbocycles. The Balaban J connectivity index is 3.01. The Kier molecular flexibility index (Phi) is 6.75. The number of nitrogens with one attached hydrogen (secondary N) is 1. The molecule has 0 spiro atoms. The van der Waals surface area contributed by atoms with Crippen molar-refractivity contribution in [2.24, 2.45) is 5.73 Å². The zero-order valence-corrected chi connectivity index (χ0v) is 7.56. The summed E-state index contributed by atoms with van der Waals surface area (Å²) in [5, 5.41) is 3.50. The summed E-state index contributed by atoms with van der Waals surface area (Å²) in [6.45, 7) is 5.06. The number of ether oxygens (including phenoxy) is 1. The van der Waals surface area contributed by atoms with Gasteiger partial charge in [-0.15, -0.1) is 0 Å². The predicted octanol–water partition coefficient (Wildman–Crippen LogP) is -0.170. The Morgan fingerprint density at radius 1 is 1.67 bits per heavy atom. The minimum Gasteiger partial charge on any atom is -0.370 e. The summed E-state index contributed by atoms with van der Waals surface area (Å²) in [5.74, 6) is -0.461. The van der Waals surface area contributed by atoms with Gasteiger partial charge in [-0.05, 0) is 0 Å². The van der Waals surface area contributed by atoms with E-state index in [1.54, 1.807) is 0 Å². The lowest BCUT2D eigenvalue weighted by Gasteiger charge is -2.02. The maximum absolute atomic E-state index is 10.2. The van der Waals surface area contributed by atoms with Crippen LogP contribution in [0.3, 0.4) is 0 Å². The van der Waals surface area contributed by atoms with Crippen molar-refractivity contribution in [3.8, 4) is 0 Å². The number of halogens is 1. The standard InChI is InChI=1S/C7H13ClN2O2/c1-6(8)4-10-2-3-12-5-7(9)11/h10H,1-5H2,(H2,9,11). The second kappa shape index (κ2) is 7.09. The number of nitrogens with two attached hydrogens (primary N) is 1. The highest BCUT2D eigenvalue weighted by atomic mass is 35.5. The van der Waals surface area contributed by atoms with Crippen LogP contribution in [0.1, 0.15) is 0 Å². The van der Waals surface area contributed by atoms with Gasteiger partial charge in [0.25, 0.3) is 0 Å². The highest BCUT2D eigenvalue weighted by Crippen LogP contribution is 1.91. The third-order valence-corrected chi connectivity index (χ3v) is 1.12. The first-order valence-electron chi connectivity index (χ1n) is 3.53. The van der Waals surface area contributed by atoms with Gasteiger partial charge in [-0.25, -0.2) is 0 Å². The SMILES string of the molecule is C=C(Cl)CNCCOCC(N)=O. The van der Waals surface area contributed by atoms with Crippen molar-refractivity contribution in [1.82, 2.24) is 5.32 Å². The van der Waals surface area contributed by atoms with Gasteiger partial charge in [0.2, 0.25) is 5.91 Å². The largest absolute Gasteiger partial charge is 0.370 e. The topological polar surface area (TPSA) is 64.3 Å². The molecule has 0 heterocycles. The molecule has 12 heavy (non-hydrogen) atoms. The van der Waals surface area contributed by atoms with Crippen LogP contribution >= 0.6 is 11.6 Å². The summed E-state index contributed by atoms with van der Waals surface area (Å²) in [6.07, 6.45) is 0. The smallest absolute Gasteiger partial charge is 0.243 e. The normalized spacial score (nSPS) is 9.75. The lowest BCUT2D eigenvalue weighted by molar-refractivity contribution is -0.122. The molecule has 0 aromatic carbocycles. The number of carbonyl (C=O) groups excluding carboxylic acids is 1. The quantitative estimate of drug-likeness (QED) is 0.551. The van der Waals surface area contributed by atoms with E-state index in [0.29, 0.717) is 24.7 Å². The summed E-state index contributed by atoms with van der Waals surface area (Å²) in [6, 6.07) is 0. The number of amides is 1. The summed E-state index contributed by atoms with van der Waals surface area (Å²) < 4.78 is 4.87. The summed E-state index contributed by atoms with van der Waals surface area (Å²) >= 11 is 5.47. The highest BCUT2D eigenvalue weighted by molar-refractivity contribution is 6.29. The Morgan fingerprint density at radius 2 is 2.33 bits per heavy atom. The molecule has 0 unspecified atom stereocenters. The first kappa shape index (κ1) is 11.4. The molecular formula is C7H13ClN2O2. The van der Waals surface area contributed by atoms with Crippen LogP contribution in [0.5, 0.6) is 0 Å². The van der Waals surface area contributed by atoms with E-state index in [2.05, 4.69) is 11.9 Å². The van der Waals surface area contributed by atoms with Crippen LogP contribution in [0.25, 0.3) is 0 Å². The van der Waals surface area contributed by atoms with E-state index in [0.717, 1.165) is 0 Å². The average Bonchev–Trinajstić information content (AvgIpc) is 1.95. The van der Waals surface area contributed by atoms with Gasteiger partial charge in [0, 0.05) is 18.1 Å². The number of rotatable bonds is 7. The minimum atomic E-state index is -0.461. The van der Waals surface area contributed by atoms with Crippen molar-refractivity contribution in [3.05, 3.63) is 11.6 Å². The molecule has 0 aliphatic rings. The number of hydrogen-bond donors (Lipinski definition) is 2. The van der Waals surface area contributed by atoms with E-state index in [-0.39, 0.29) is 6.61 Å². The maximum Gasteiger partial charge on any atom is 0.243 e. The molecule has 0 saturated heterocycles. The van der Waals surface area contributed by atoms with Crippen molar-refractivity contribution in [1.29, 1.82) is 0 Å². The van der Waals surface area contributed by atoms with Crippen LogP contribution in [0.15, 0.2) is 11.6 Å². The second-order valence-corrected chi connectivity index (χ2v) is 2.75. The molecule has 0 aromatic rings. The first-order valence-corrected chi connectivity index (χ1v) is 3.90. The van der Waals surface area contributed by atoms with Crippen LogP contribution in [0.4, 0.5) is 0 Å². The number of primary amides is 1. The van der Waals surface area contributed by atoms with Gasteiger partial charge in [-0.1, -0.05) is 18.2 Å². The van der Waals surface area contributed by atoms with Gasteiger partial charge in [0.1, 0.15) is 6.61 Å². The molecule has 1 amide bonds. The maximum atomic E-state index is 10.2. The summed E-state index contributed by atoms with van der Waals surface area (Å²) in [7, 11) is 0. The van der Waals surface area contributed by atoms with Gasteiger partial charge in [0.05, 0.1) is 6.61 Å². The third kappa shape index (κ3) is 9.42. The van der Waals surface area contributed by atoms with E-state index in [9.17, 15) is 4.79 Å². The van der Waals surface area contributed by atoms with Crippen molar-refractivity contribution in [3.63, 3.8) is 0 Å². The second-order valence-electron chi connectivity index (χ2n) is 2.21. The van der Waals surface area contributed by atoms with Gasteiger partial charge < -0.3 is 15.8 Å². The molecule has 0 bridgehead atoms. The fourth-order valence-corrected chi connectivity index (χ4v) is 0.636. The molecule has 3 N–H and O–H groups in total. The van der Waals surface area contributed by atoms with Crippen LogP contribution in [-0.4, -0.2) is 32.2 Å². The molecule has 0 atom stereocenters. The zero-order valence-electron chi connectivity index (χ0n) is 6.81. The van der Waals surface area contributed by atoms with Crippen molar-refractivity contribution in [2.45, 2.75) is 0 Å². The molecule has 4 nitrogen and oxygen atoms in total. The van der Waals surface area contributed by atoms with E-state index in [1.165, 1.54) is 0 Å². The van der Waals surface area contributed by atoms with Crippen LogP contribution in [-0.2, 0) is 9.53 Å². The summed E-state index contributed by atoms with van der Waals surface area (Å²) in [4.78, 5) is 10.2. The lowest BCUT2D eigenvalue weighted by Crippen LogP contribution is -2.24. The fourth-order valence-electron chi connectivity index (χ4n) is 0.541. The first-order chi connectivity index (χ1) is 5.63. The molecule has 5 heteroatoms. The monoisotopic (exact) mass is 192 g/mol. The molecule has 0 aliphatic heterocycles. The Hall–Kier alpha value is -0.580. The van der Waals surface area contributed by atoms with Crippen molar-refractivity contribution in [2.75, 3.05) is 26.3 Å². The Morgan fingerprint density at radius 3 is 2.83 bits per heavy atom. The number of hydrogen-bond acceptors (Lipinski definition) is 3. The lowest BCUT2D eigenvalue weighted by atomic mass is 10.5. The fraction of sp³-hybridized carbons (Fsp3) is 0.571. The molecule has 0 rings (SSSR count). The van der Waals surface area contributed by atoms with Crippen molar-refractivity contribution < 1.29 is 9.53 Å². The predicted molar refractivity (Wildman–Crippen MR) is 47.9 cm³/mol. The average molecular weight is 193 g/mol. The molecule has 0 radical (unpaired) electrons. The highest BCUT2D eigenvalue weighted by Gasteiger charge is 1.93. The summed E-state index contributed by atoms with van der Waals surface area (Å²) in [5.41, 5.74) is 4.84. The molecular weight excluding hydrogens is 180 g/mol. The van der Waals surface area contributed by atoms with Gasteiger partial charge in [-0.3, -0.25) is 4.79 Å². The molecule has 70 valence electrons.